The van der Waals surface area contributed by atoms with Gasteiger partial charge in [-0.25, -0.2) is 15.0 Å². The third-order valence-electron chi connectivity index (χ3n) is 4.22. The number of hydrogen-bond acceptors (Lipinski definition) is 5. The van der Waals surface area contributed by atoms with E-state index in [4.69, 9.17) is 0 Å². The minimum atomic E-state index is 0.894. The Bertz CT molecular complexity index is 600. The average molecular weight is 300 g/mol. The van der Waals surface area contributed by atoms with Gasteiger partial charge in [0.15, 0.2) is 0 Å². The second kappa shape index (κ2) is 6.98. The summed E-state index contributed by atoms with van der Waals surface area (Å²) in [5.41, 5.74) is 1.13. The zero-order valence-electron chi connectivity index (χ0n) is 13.4. The van der Waals surface area contributed by atoms with Gasteiger partial charge in [0.1, 0.15) is 11.6 Å². The SMILES string of the molecule is CCc1nccc(CN2CCN(Cc3nccn3C)CC2)n1. The van der Waals surface area contributed by atoms with E-state index in [9.17, 15) is 0 Å². The molecule has 1 aliphatic rings. The van der Waals surface area contributed by atoms with Gasteiger partial charge in [-0.3, -0.25) is 9.80 Å². The van der Waals surface area contributed by atoms with Gasteiger partial charge in [0.05, 0.1) is 12.2 Å². The van der Waals surface area contributed by atoms with E-state index in [1.165, 1.54) is 0 Å². The lowest BCUT2D eigenvalue weighted by molar-refractivity contribution is 0.118. The maximum atomic E-state index is 4.60. The van der Waals surface area contributed by atoms with Crippen LogP contribution in [0.4, 0.5) is 0 Å². The van der Waals surface area contributed by atoms with Crippen LogP contribution < -0.4 is 0 Å². The van der Waals surface area contributed by atoms with E-state index < -0.39 is 0 Å². The lowest BCUT2D eigenvalue weighted by Crippen LogP contribution is -2.45. The monoisotopic (exact) mass is 300 g/mol. The Morgan fingerprint density at radius 3 is 2.36 bits per heavy atom. The highest BCUT2D eigenvalue weighted by Crippen LogP contribution is 2.09. The van der Waals surface area contributed by atoms with Crippen molar-refractivity contribution in [2.45, 2.75) is 26.4 Å². The standard InChI is InChI=1S/C16H24N6/c1-3-15-17-5-4-14(19-15)12-21-8-10-22(11-9-21)13-16-18-6-7-20(16)2/h4-7H,3,8-13H2,1-2H3. The minimum absolute atomic E-state index is 0.894. The zero-order valence-corrected chi connectivity index (χ0v) is 13.4. The fraction of sp³-hybridized carbons (Fsp3) is 0.562. The molecule has 2 aromatic rings. The summed E-state index contributed by atoms with van der Waals surface area (Å²) in [4.78, 5) is 18.2. The van der Waals surface area contributed by atoms with E-state index in [1.54, 1.807) is 0 Å². The van der Waals surface area contributed by atoms with E-state index in [1.807, 2.05) is 24.7 Å². The zero-order chi connectivity index (χ0) is 15.4. The Labute approximate surface area is 131 Å². The summed E-state index contributed by atoms with van der Waals surface area (Å²) in [6, 6.07) is 2.03. The predicted octanol–water partition coefficient (Wildman–Crippen LogP) is 1.09. The Kier molecular flexibility index (Phi) is 4.80. The van der Waals surface area contributed by atoms with Crippen LogP contribution in [0.2, 0.25) is 0 Å². The van der Waals surface area contributed by atoms with Crippen LogP contribution in [0.1, 0.15) is 24.3 Å². The van der Waals surface area contributed by atoms with Crippen molar-refractivity contribution < 1.29 is 0 Å². The van der Waals surface area contributed by atoms with Crippen LogP contribution in [-0.2, 0) is 26.6 Å². The van der Waals surface area contributed by atoms with Gasteiger partial charge < -0.3 is 4.57 Å². The molecule has 0 radical (unpaired) electrons. The molecule has 3 rings (SSSR count). The van der Waals surface area contributed by atoms with E-state index >= 15 is 0 Å². The molecule has 0 bridgehead atoms. The number of nitrogens with zero attached hydrogens (tertiary/aromatic N) is 6. The molecule has 0 unspecified atom stereocenters. The molecule has 0 atom stereocenters. The fourth-order valence-electron chi connectivity index (χ4n) is 2.78. The minimum Gasteiger partial charge on any atom is -0.337 e. The Hall–Kier alpha value is -1.79. The quantitative estimate of drug-likeness (QED) is 0.827. The average Bonchev–Trinajstić information content (AvgIpc) is 2.94. The molecule has 6 heteroatoms. The molecule has 0 spiro atoms. The number of hydrogen-bond donors (Lipinski definition) is 0. The maximum Gasteiger partial charge on any atom is 0.128 e. The first-order valence-electron chi connectivity index (χ1n) is 7.96. The van der Waals surface area contributed by atoms with Crippen molar-refractivity contribution in [1.29, 1.82) is 0 Å². The molecule has 0 N–H and O–H groups in total. The lowest BCUT2D eigenvalue weighted by atomic mass is 10.2. The third kappa shape index (κ3) is 3.69. The lowest BCUT2D eigenvalue weighted by Gasteiger charge is -2.34. The van der Waals surface area contributed by atoms with Gasteiger partial charge in [-0.1, -0.05) is 6.92 Å². The first-order valence-corrected chi connectivity index (χ1v) is 7.96. The third-order valence-corrected chi connectivity index (χ3v) is 4.22. The fourth-order valence-corrected chi connectivity index (χ4v) is 2.78. The Morgan fingerprint density at radius 1 is 1.00 bits per heavy atom. The van der Waals surface area contributed by atoms with Gasteiger partial charge in [0.25, 0.3) is 0 Å². The van der Waals surface area contributed by atoms with Crippen LogP contribution in [-0.4, -0.2) is 55.5 Å². The summed E-state index contributed by atoms with van der Waals surface area (Å²) in [6.45, 7) is 8.27. The van der Waals surface area contributed by atoms with Crippen molar-refractivity contribution in [2.24, 2.45) is 7.05 Å². The van der Waals surface area contributed by atoms with E-state index in [0.29, 0.717) is 0 Å². The van der Waals surface area contributed by atoms with E-state index in [0.717, 1.165) is 63.0 Å². The van der Waals surface area contributed by atoms with Crippen LogP contribution >= 0.6 is 0 Å². The van der Waals surface area contributed by atoms with Crippen LogP contribution in [0, 0.1) is 0 Å². The van der Waals surface area contributed by atoms with Gasteiger partial charge in [-0.05, 0) is 6.07 Å². The van der Waals surface area contributed by atoms with Crippen LogP contribution in [0.15, 0.2) is 24.7 Å². The van der Waals surface area contributed by atoms with E-state index in [-0.39, 0.29) is 0 Å². The molecule has 3 heterocycles. The molecule has 1 fully saturated rings. The van der Waals surface area contributed by atoms with Gasteiger partial charge in [-0.15, -0.1) is 0 Å². The summed E-state index contributed by atoms with van der Waals surface area (Å²) in [5, 5.41) is 0. The first-order chi connectivity index (χ1) is 10.7. The molecule has 118 valence electrons. The molecule has 0 saturated carbocycles. The summed E-state index contributed by atoms with van der Waals surface area (Å²) >= 11 is 0. The second-order valence-corrected chi connectivity index (χ2v) is 5.82. The van der Waals surface area contributed by atoms with Gasteiger partial charge in [-0.2, -0.15) is 0 Å². The van der Waals surface area contributed by atoms with Gasteiger partial charge in [0.2, 0.25) is 0 Å². The number of piperazine rings is 1. The molecule has 0 amide bonds. The molecule has 2 aromatic heterocycles. The Balaban J connectivity index is 1.50. The molecule has 1 saturated heterocycles. The summed E-state index contributed by atoms with van der Waals surface area (Å²) < 4.78 is 2.10. The maximum absolute atomic E-state index is 4.60. The molecule has 22 heavy (non-hydrogen) atoms. The van der Waals surface area contributed by atoms with Crippen molar-refractivity contribution in [3.05, 3.63) is 42.0 Å². The van der Waals surface area contributed by atoms with Crippen LogP contribution in [0.5, 0.6) is 0 Å². The molecule has 6 nitrogen and oxygen atoms in total. The molecule has 1 aliphatic heterocycles. The van der Waals surface area contributed by atoms with Crippen molar-refractivity contribution >= 4 is 0 Å². The normalized spacial score (nSPS) is 17.0. The smallest absolute Gasteiger partial charge is 0.128 e. The number of rotatable bonds is 5. The van der Waals surface area contributed by atoms with Crippen LogP contribution in [0.25, 0.3) is 0 Å². The Morgan fingerprint density at radius 2 is 1.73 bits per heavy atom. The van der Waals surface area contributed by atoms with Crippen molar-refractivity contribution in [3.8, 4) is 0 Å². The molecular weight excluding hydrogens is 276 g/mol. The number of aromatic nitrogens is 4. The van der Waals surface area contributed by atoms with Crippen molar-refractivity contribution in [3.63, 3.8) is 0 Å². The van der Waals surface area contributed by atoms with Crippen LogP contribution in [0.3, 0.4) is 0 Å². The van der Waals surface area contributed by atoms with Crippen molar-refractivity contribution in [2.75, 3.05) is 26.2 Å². The highest BCUT2D eigenvalue weighted by Gasteiger charge is 2.18. The van der Waals surface area contributed by atoms with Gasteiger partial charge in [0, 0.05) is 64.8 Å². The summed E-state index contributed by atoms with van der Waals surface area (Å²) in [7, 11) is 2.05. The highest BCUT2D eigenvalue weighted by molar-refractivity contribution is 5.02. The highest BCUT2D eigenvalue weighted by atomic mass is 15.3. The molecule has 0 aromatic carbocycles. The van der Waals surface area contributed by atoms with E-state index in [2.05, 4.69) is 43.3 Å². The van der Waals surface area contributed by atoms with Gasteiger partial charge >= 0.3 is 0 Å². The second-order valence-electron chi connectivity index (χ2n) is 5.82. The largest absolute Gasteiger partial charge is 0.337 e. The van der Waals surface area contributed by atoms with Crippen molar-refractivity contribution in [1.82, 2.24) is 29.3 Å². The number of imidazole rings is 1. The number of aryl methyl sites for hydroxylation is 2. The first kappa shape index (κ1) is 15.1. The molecular formula is C16H24N6. The summed E-state index contributed by atoms with van der Waals surface area (Å²) in [6.07, 6.45) is 6.64. The predicted molar refractivity (Wildman–Crippen MR) is 85.2 cm³/mol. The molecule has 0 aliphatic carbocycles. The topological polar surface area (TPSA) is 50.1 Å². The summed E-state index contributed by atoms with van der Waals surface area (Å²) in [5.74, 6) is 2.07.